The zero-order valence-corrected chi connectivity index (χ0v) is 7.76. The second-order valence-corrected chi connectivity index (χ2v) is 3.01. The molecule has 0 bridgehead atoms. The topological polar surface area (TPSA) is 73.8 Å². The van der Waals surface area contributed by atoms with Crippen LogP contribution >= 0.6 is 0 Å². The first-order chi connectivity index (χ1) is 6.59. The lowest BCUT2D eigenvalue weighted by molar-refractivity contribution is -0.385. The monoisotopic (exact) mass is 192 g/mol. The van der Waals surface area contributed by atoms with E-state index >= 15 is 0 Å². The number of nitrogens with zero attached hydrogens (tertiary/aromatic N) is 4. The molecule has 0 atom stereocenters. The third kappa shape index (κ3) is 1.12. The molecule has 0 aliphatic heterocycles. The molecule has 2 aromatic rings. The van der Waals surface area contributed by atoms with E-state index in [0.29, 0.717) is 11.2 Å². The Morgan fingerprint density at radius 3 is 2.93 bits per heavy atom. The van der Waals surface area contributed by atoms with Gasteiger partial charge in [0.1, 0.15) is 17.5 Å². The zero-order chi connectivity index (χ0) is 10.3. The molecule has 0 spiro atoms. The maximum atomic E-state index is 10.5. The number of hydrogen-bond acceptors (Lipinski definition) is 4. The molecule has 14 heavy (non-hydrogen) atoms. The van der Waals surface area contributed by atoms with E-state index in [1.54, 1.807) is 4.57 Å². The van der Waals surface area contributed by atoms with Gasteiger partial charge in [0.05, 0.1) is 4.92 Å². The molecule has 0 fully saturated rings. The van der Waals surface area contributed by atoms with Gasteiger partial charge < -0.3 is 4.57 Å². The van der Waals surface area contributed by atoms with Crippen LogP contribution in [0.4, 0.5) is 5.69 Å². The molecular formula is C8H8N4O2. The Kier molecular flexibility index (Phi) is 1.70. The van der Waals surface area contributed by atoms with Crippen LogP contribution in [0.1, 0.15) is 5.82 Å². The minimum Gasteiger partial charge on any atom is -0.316 e. The molecule has 2 heterocycles. The van der Waals surface area contributed by atoms with Crippen molar-refractivity contribution in [1.82, 2.24) is 14.5 Å². The van der Waals surface area contributed by atoms with E-state index in [2.05, 4.69) is 9.97 Å². The summed E-state index contributed by atoms with van der Waals surface area (Å²) in [6.45, 7) is 1.83. The number of imidazole rings is 1. The molecule has 6 nitrogen and oxygen atoms in total. The van der Waals surface area contributed by atoms with Crippen molar-refractivity contribution in [2.24, 2.45) is 7.05 Å². The van der Waals surface area contributed by atoms with Crippen molar-refractivity contribution < 1.29 is 4.92 Å². The van der Waals surface area contributed by atoms with Gasteiger partial charge in [0.25, 0.3) is 5.69 Å². The van der Waals surface area contributed by atoms with Crippen molar-refractivity contribution >= 4 is 16.9 Å². The first-order valence-electron chi connectivity index (χ1n) is 4.03. The van der Waals surface area contributed by atoms with Crippen LogP contribution in [0.3, 0.4) is 0 Å². The number of hydrogen-bond donors (Lipinski definition) is 0. The number of aryl methyl sites for hydroxylation is 2. The van der Waals surface area contributed by atoms with Crippen LogP contribution in [0, 0.1) is 17.0 Å². The first kappa shape index (κ1) is 8.61. The van der Waals surface area contributed by atoms with Crippen LogP contribution in [-0.4, -0.2) is 19.5 Å². The number of pyridine rings is 1. The van der Waals surface area contributed by atoms with Crippen molar-refractivity contribution in [3.05, 3.63) is 28.2 Å². The average molecular weight is 192 g/mol. The lowest BCUT2D eigenvalue weighted by Gasteiger charge is -1.94. The molecule has 0 radical (unpaired) electrons. The lowest BCUT2D eigenvalue weighted by Crippen LogP contribution is -1.93. The minimum atomic E-state index is -0.476. The van der Waals surface area contributed by atoms with Crippen LogP contribution in [0.2, 0.25) is 0 Å². The molecule has 0 N–H and O–H groups in total. The van der Waals surface area contributed by atoms with Crippen molar-refractivity contribution in [2.45, 2.75) is 6.92 Å². The molecule has 0 aliphatic carbocycles. The number of fused-ring (bicyclic) bond motifs is 1. The highest BCUT2D eigenvalue weighted by Gasteiger charge is 2.11. The fourth-order valence-electron chi connectivity index (χ4n) is 1.28. The van der Waals surface area contributed by atoms with Crippen LogP contribution in [0.15, 0.2) is 12.3 Å². The van der Waals surface area contributed by atoms with Gasteiger partial charge in [-0.1, -0.05) is 0 Å². The van der Waals surface area contributed by atoms with Crippen molar-refractivity contribution in [2.75, 3.05) is 0 Å². The predicted molar refractivity (Wildman–Crippen MR) is 49.9 cm³/mol. The van der Waals surface area contributed by atoms with E-state index in [0.717, 1.165) is 5.82 Å². The largest absolute Gasteiger partial charge is 0.316 e. The highest BCUT2D eigenvalue weighted by atomic mass is 16.6. The Balaban J connectivity index is 2.73. The van der Waals surface area contributed by atoms with E-state index in [-0.39, 0.29) is 5.69 Å². The molecule has 0 aliphatic rings. The average Bonchev–Trinajstić information content (AvgIpc) is 2.42. The SMILES string of the molecule is Cc1nc2cc([N+](=O)[O-])cnc2n1C. The van der Waals surface area contributed by atoms with Gasteiger partial charge in [-0.3, -0.25) is 10.1 Å². The second-order valence-electron chi connectivity index (χ2n) is 3.01. The first-order valence-corrected chi connectivity index (χ1v) is 4.03. The smallest absolute Gasteiger partial charge is 0.289 e. The van der Waals surface area contributed by atoms with Crippen molar-refractivity contribution in [3.63, 3.8) is 0 Å². The Morgan fingerprint density at radius 1 is 1.57 bits per heavy atom. The number of aromatic nitrogens is 3. The fraction of sp³-hybridized carbons (Fsp3) is 0.250. The molecule has 6 heteroatoms. The summed E-state index contributed by atoms with van der Waals surface area (Å²) < 4.78 is 1.79. The van der Waals surface area contributed by atoms with Crippen LogP contribution in [-0.2, 0) is 7.05 Å². The molecule has 2 aromatic heterocycles. The Labute approximate surface area is 79.4 Å². The van der Waals surface area contributed by atoms with Crippen LogP contribution < -0.4 is 0 Å². The molecular weight excluding hydrogens is 184 g/mol. The van der Waals surface area contributed by atoms with Gasteiger partial charge in [-0.15, -0.1) is 0 Å². The molecule has 0 saturated carbocycles. The number of rotatable bonds is 1. The summed E-state index contributed by atoms with van der Waals surface area (Å²) in [6, 6.07) is 1.43. The summed E-state index contributed by atoms with van der Waals surface area (Å²) in [5, 5.41) is 10.5. The summed E-state index contributed by atoms with van der Waals surface area (Å²) in [7, 11) is 1.82. The molecule has 0 aromatic carbocycles. The zero-order valence-electron chi connectivity index (χ0n) is 7.76. The van der Waals surface area contributed by atoms with Gasteiger partial charge in [-0.2, -0.15) is 0 Å². The van der Waals surface area contributed by atoms with Gasteiger partial charge in [0.2, 0.25) is 0 Å². The third-order valence-electron chi connectivity index (χ3n) is 2.13. The molecule has 0 amide bonds. The maximum absolute atomic E-state index is 10.5. The van der Waals surface area contributed by atoms with Gasteiger partial charge >= 0.3 is 0 Å². The predicted octanol–water partition coefficient (Wildman–Crippen LogP) is 1.18. The maximum Gasteiger partial charge on any atom is 0.289 e. The van der Waals surface area contributed by atoms with Crippen LogP contribution in [0.25, 0.3) is 11.2 Å². The highest BCUT2D eigenvalue weighted by Crippen LogP contribution is 2.17. The molecule has 2 rings (SSSR count). The summed E-state index contributed by atoms with van der Waals surface area (Å²) in [6.07, 6.45) is 1.24. The minimum absolute atomic E-state index is 0.0319. The molecule has 72 valence electrons. The number of nitro groups is 1. The highest BCUT2D eigenvalue weighted by molar-refractivity contribution is 5.73. The van der Waals surface area contributed by atoms with Crippen LogP contribution in [0.5, 0.6) is 0 Å². The third-order valence-corrected chi connectivity index (χ3v) is 2.13. The Hall–Kier alpha value is -1.98. The van der Waals surface area contributed by atoms with E-state index < -0.39 is 4.92 Å². The van der Waals surface area contributed by atoms with Gasteiger partial charge in [-0.05, 0) is 6.92 Å². The lowest BCUT2D eigenvalue weighted by atomic mass is 10.4. The van der Waals surface area contributed by atoms with Gasteiger partial charge in [0, 0.05) is 13.1 Å². The molecule has 0 unspecified atom stereocenters. The Bertz CT molecular complexity index is 517. The van der Waals surface area contributed by atoms with Gasteiger partial charge in [-0.25, -0.2) is 9.97 Å². The summed E-state index contributed by atoms with van der Waals surface area (Å²) in [4.78, 5) is 18.1. The van der Waals surface area contributed by atoms with E-state index in [4.69, 9.17) is 0 Å². The fourth-order valence-corrected chi connectivity index (χ4v) is 1.28. The van der Waals surface area contributed by atoms with E-state index in [1.165, 1.54) is 12.3 Å². The standard InChI is InChI=1S/C8H8N4O2/c1-5-10-7-3-6(12(13)14)4-9-8(7)11(5)2/h3-4H,1-2H3. The van der Waals surface area contributed by atoms with E-state index in [1.807, 2.05) is 14.0 Å². The molecule has 0 saturated heterocycles. The quantitative estimate of drug-likeness (QED) is 0.502. The summed E-state index contributed by atoms with van der Waals surface area (Å²) >= 11 is 0. The Morgan fingerprint density at radius 2 is 2.29 bits per heavy atom. The van der Waals surface area contributed by atoms with Gasteiger partial charge in [0.15, 0.2) is 5.65 Å². The van der Waals surface area contributed by atoms with Crippen molar-refractivity contribution in [3.8, 4) is 0 Å². The second kappa shape index (κ2) is 2.76. The summed E-state index contributed by atoms with van der Waals surface area (Å²) in [5.41, 5.74) is 1.18. The normalized spacial score (nSPS) is 10.7. The van der Waals surface area contributed by atoms with Crippen molar-refractivity contribution in [1.29, 1.82) is 0 Å². The van der Waals surface area contributed by atoms with E-state index in [9.17, 15) is 10.1 Å². The summed E-state index contributed by atoms with van der Waals surface area (Å²) in [5.74, 6) is 0.785.